The number of likely N-dealkylation sites (tertiary alicyclic amines) is 1. The fourth-order valence-electron chi connectivity index (χ4n) is 3.52. The third kappa shape index (κ3) is 5.49. The van der Waals surface area contributed by atoms with Crippen molar-refractivity contribution in [1.82, 2.24) is 14.1 Å². The number of likely N-dealkylation sites (N-methyl/N-ethyl adjacent to an activating group) is 1. The van der Waals surface area contributed by atoms with Crippen LogP contribution in [0, 0.1) is 0 Å². The number of benzene rings is 1. The van der Waals surface area contributed by atoms with E-state index < -0.39 is 22.2 Å². The molecule has 168 valence electrons. The SMILES string of the molecule is CN(C)CCN1C(=O)C[C@@H]2[C@@H]1CCN2S(=O)(=O)c1ccccc1.O=C(O)C(F)(F)F. The summed E-state index contributed by atoms with van der Waals surface area (Å²) in [7, 11) is 0.415. The van der Waals surface area contributed by atoms with Crippen LogP contribution in [0.1, 0.15) is 12.8 Å². The van der Waals surface area contributed by atoms with E-state index in [4.69, 9.17) is 9.90 Å². The van der Waals surface area contributed by atoms with Crippen LogP contribution in [0.15, 0.2) is 35.2 Å². The van der Waals surface area contributed by atoms with Crippen LogP contribution in [0.2, 0.25) is 0 Å². The van der Waals surface area contributed by atoms with Crippen molar-refractivity contribution in [2.45, 2.75) is 36.0 Å². The molecule has 0 spiro atoms. The maximum atomic E-state index is 12.8. The summed E-state index contributed by atoms with van der Waals surface area (Å²) < 4.78 is 59.0. The lowest BCUT2D eigenvalue weighted by molar-refractivity contribution is -0.192. The number of hydrogen-bond acceptors (Lipinski definition) is 5. The number of carbonyl (C=O) groups excluding carboxylic acids is 1. The molecule has 2 heterocycles. The molecule has 2 aliphatic rings. The van der Waals surface area contributed by atoms with Gasteiger partial charge >= 0.3 is 12.1 Å². The summed E-state index contributed by atoms with van der Waals surface area (Å²) in [5, 5.41) is 7.12. The maximum Gasteiger partial charge on any atom is 0.490 e. The van der Waals surface area contributed by atoms with Crippen molar-refractivity contribution in [3.05, 3.63) is 30.3 Å². The molecule has 0 bridgehead atoms. The van der Waals surface area contributed by atoms with Gasteiger partial charge in [-0.25, -0.2) is 13.2 Å². The lowest BCUT2D eigenvalue weighted by Gasteiger charge is -2.26. The van der Waals surface area contributed by atoms with Gasteiger partial charge in [0.25, 0.3) is 0 Å². The number of rotatable bonds is 5. The zero-order valence-electron chi connectivity index (χ0n) is 16.5. The number of aliphatic carboxylic acids is 1. The molecule has 1 amide bonds. The maximum absolute atomic E-state index is 12.8. The fraction of sp³-hybridized carbons (Fsp3) is 0.556. The molecule has 8 nitrogen and oxygen atoms in total. The van der Waals surface area contributed by atoms with Crippen molar-refractivity contribution in [3.8, 4) is 0 Å². The first-order valence-electron chi connectivity index (χ1n) is 9.17. The van der Waals surface area contributed by atoms with Gasteiger partial charge in [0.2, 0.25) is 15.9 Å². The molecule has 2 atom stereocenters. The van der Waals surface area contributed by atoms with E-state index in [1.165, 1.54) is 4.31 Å². The number of amides is 1. The van der Waals surface area contributed by atoms with Crippen molar-refractivity contribution >= 4 is 21.9 Å². The Morgan fingerprint density at radius 3 is 2.27 bits per heavy atom. The Balaban J connectivity index is 0.000000396. The average Bonchev–Trinajstić information content (AvgIpc) is 3.18. The minimum absolute atomic E-state index is 0.0148. The quantitative estimate of drug-likeness (QED) is 0.724. The zero-order chi connectivity index (χ0) is 22.7. The molecule has 2 fully saturated rings. The standard InChI is InChI=1S/C16H23N3O3S.C2HF3O2/c1-17(2)10-11-18-14-8-9-19(15(14)12-16(18)20)23(21,22)13-6-4-3-5-7-13;3-2(4,5)1(6)7/h3-7,14-15H,8-12H2,1-2H3;(H,6,7)/t14-,15+;/m0./s1. The third-order valence-electron chi connectivity index (χ3n) is 4.94. The van der Waals surface area contributed by atoms with Gasteiger partial charge in [0.15, 0.2) is 0 Å². The van der Waals surface area contributed by atoms with Gasteiger partial charge in [-0.15, -0.1) is 0 Å². The van der Waals surface area contributed by atoms with Gasteiger partial charge in [-0.1, -0.05) is 18.2 Å². The summed E-state index contributed by atoms with van der Waals surface area (Å²) in [5.74, 6) is -2.69. The molecule has 1 aromatic rings. The van der Waals surface area contributed by atoms with Crippen LogP contribution in [0.5, 0.6) is 0 Å². The van der Waals surface area contributed by atoms with Crippen LogP contribution in [0.3, 0.4) is 0 Å². The highest BCUT2D eigenvalue weighted by atomic mass is 32.2. The highest BCUT2D eigenvalue weighted by Gasteiger charge is 2.50. The Morgan fingerprint density at radius 2 is 1.77 bits per heavy atom. The van der Waals surface area contributed by atoms with E-state index in [1.54, 1.807) is 30.3 Å². The van der Waals surface area contributed by atoms with Gasteiger partial charge in [-0.2, -0.15) is 17.5 Å². The Morgan fingerprint density at radius 1 is 1.20 bits per heavy atom. The molecule has 0 radical (unpaired) electrons. The van der Waals surface area contributed by atoms with Crippen molar-refractivity contribution < 1.29 is 36.3 Å². The van der Waals surface area contributed by atoms with E-state index in [0.29, 0.717) is 24.4 Å². The van der Waals surface area contributed by atoms with Crippen LogP contribution in [0.25, 0.3) is 0 Å². The van der Waals surface area contributed by atoms with Crippen molar-refractivity contribution in [1.29, 1.82) is 0 Å². The highest BCUT2D eigenvalue weighted by Crippen LogP contribution is 2.35. The molecule has 0 aliphatic carbocycles. The number of carboxylic acid groups (broad SMARTS) is 1. The van der Waals surface area contributed by atoms with Crippen molar-refractivity contribution in [3.63, 3.8) is 0 Å². The van der Waals surface area contributed by atoms with Gasteiger partial charge in [-0.3, -0.25) is 4.79 Å². The molecule has 1 aromatic carbocycles. The Labute approximate surface area is 172 Å². The summed E-state index contributed by atoms with van der Waals surface area (Å²) in [6.07, 6.45) is -4.07. The highest BCUT2D eigenvalue weighted by molar-refractivity contribution is 7.89. The van der Waals surface area contributed by atoms with E-state index in [1.807, 2.05) is 23.9 Å². The second-order valence-corrected chi connectivity index (χ2v) is 9.14. The molecule has 2 saturated heterocycles. The first-order chi connectivity index (χ1) is 13.9. The van der Waals surface area contributed by atoms with E-state index in [-0.39, 0.29) is 18.0 Å². The molecular weight excluding hydrogens is 427 g/mol. The second kappa shape index (κ2) is 9.31. The number of nitrogens with zero attached hydrogens (tertiary/aromatic N) is 3. The summed E-state index contributed by atoms with van der Waals surface area (Å²) >= 11 is 0. The van der Waals surface area contributed by atoms with Gasteiger partial charge < -0.3 is 14.9 Å². The first-order valence-corrected chi connectivity index (χ1v) is 10.6. The van der Waals surface area contributed by atoms with E-state index in [2.05, 4.69) is 0 Å². The number of carbonyl (C=O) groups is 2. The minimum atomic E-state index is -5.08. The predicted octanol–water partition coefficient (Wildman–Crippen LogP) is 1.25. The van der Waals surface area contributed by atoms with Gasteiger partial charge in [0, 0.05) is 26.1 Å². The number of hydrogen-bond donors (Lipinski definition) is 1. The fourth-order valence-corrected chi connectivity index (χ4v) is 5.21. The number of alkyl halides is 3. The number of carboxylic acids is 1. The number of sulfonamides is 1. The number of halogens is 3. The lowest BCUT2D eigenvalue weighted by Crippen LogP contribution is -2.41. The molecule has 3 rings (SSSR count). The predicted molar refractivity (Wildman–Crippen MR) is 101 cm³/mol. The third-order valence-corrected chi connectivity index (χ3v) is 6.88. The molecule has 1 N–H and O–H groups in total. The van der Waals surface area contributed by atoms with Crippen LogP contribution >= 0.6 is 0 Å². The van der Waals surface area contributed by atoms with Gasteiger partial charge in [0.1, 0.15) is 0 Å². The van der Waals surface area contributed by atoms with Crippen LogP contribution in [0.4, 0.5) is 13.2 Å². The Kier molecular flexibility index (Phi) is 7.48. The van der Waals surface area contributed by atoms with Crippen molar-refractivity contribution in [2.24, 2.45) is 0 Å². The summed E-state index contributed by atoms with van der Waals surface area (Å²) in [6, 6.07) is 8.27. The average molecular weight is 451 g/mol. The van der Waals surface area contributed by atoms with E-state index >= 15 is 0 Å². The monoisotopic (exact) mass is 451 g/mol. The molecule has 0 saturated carbocycles. The Bertz CT molecular complexity index is 862. The van der Waals surface area contributed by atoms with E-state index in [0.717, 1.165) is 13.0 Å². The van der Waals surface area contributed by atoms with Gasteiger partial charge in [-0.05, 0) is 32.6 Å². The lowest BCUT2D eigenvalue weighted by atomic mass is 10.1. The topological polar surface area (TPSA) is 98.2 Å². The molecular formula is C18H24F3N3O5S. The smallest absolute Gasteiger partial charge is 0.475 e. The van der Waals surface area contributed by atoms with Crippen LogP contribution in [-0.4, -0.2) is 91.5 Å². The molecule has 0 unspecified atom stereocenters. The second-order valence-electron chi connectivity index (χ2n) is 7.25. The van der Waals surface area contributed by atoms with E-state index in [9.17, 15) is 26.4 Å². The summed E-state index contributed by atoms with van der Waals surface area (Å²) in [4.78, 5) is 25.4. The molecule has 2 aliphatic heterocycles. The largest absolute Gasteiger partial charge is 0.490 e. The van der Waals surface area contributed by atoms with Crippen LogP contribution in [-0.2, 0) is 19.6 Å². The summed E-state index contributed by atoms with van der Waals surface area (Å²) in [6.45, 7) is 1.94. The zero-order valence-corrected chi connectivity index (χ0v) is 17.4. The molecule has 30 heavy (non-hydrogen) atoms. The van der Waals surface area contributed by atoms with Gasteiger partial charge in [0.05, 0.1) is 17.0 Å². The molecule has 12 heteroatoms. The Hall–Kier alpha value is -2.18. The number of fused-ring (bicyclic) bond motifs is 1. The molecule has 0 aromatic heterocycles. The first kappa shape index (κ1) is 24.1. The summed E-state index contributed by atoms with van der Waals surface area (Å²) in [5.41, 5.74) is 0. The normalized spacial score (nSPS) is 22.1. The minimum Gasteiger partial charge on any atom is -0.475 e. The van der Waals surface area contributed by atoms with Crippen LogP contribution < -0.4 is 0 Å². The van der Waals surface area contributed by atoms with Crippen molar-refractivity contribution in [2.75, 3.05) is 33.7 Å².